The van der Waals surface area contributed by atoms with Crippen LogP contribution < -0.4 is 0 Å². The van der Waals surface area contributed by atoms with Gasteiger partial charge >= 0.3 is 5.97 Å². The zero-order valence-electron chi connectivity index (χ0n) is 14.5. The lowest BCUT2D eigenvalue weighted by molar-refractivity contribution is -0.151. The number of carbonyl (C=O) groups excluding carboxylic acids is 1. The van der Waals surface area contributed by atoms with Crippen molar-refractivity contribution in [3.63, 3.8) is 0 Å². The molecule has 0 aromatic heterocycles. The van der Waals surface area contributed by atoms with E-state index < -0.39 is 6.79 Å². The average Bonchev–Trinajstić information content (AvgIpc) is 2.51. The summed E-state index contributed by atoms with van der Waals surface area (Å²) in [5.41, 5.74) is 0. The van der Waals surface area contributed by atoms with Gasteiger partial charge in [-0.05, 0) is 32.1 Å². The Bertz CT molecular complexity index is 261. The molecule has 0 radical (unpaired) electrons. The second-order valence-corrected chi connectivity index (χ2v) is 5.98. The molecule has 0 amide bonds. The Morgan fingerprint density at radius 2 is 1.32 bits per heavy atom. The van der Waals surface area contributed by atoms with Gasteiger partial charge in [0.05, 0.1) is 0 Å². The second kappa shape index (κ2) is 18.2. The fourth-order valence-corrected chi connectivity index (χ4v) is 2.48. The summed E-state index contributed by atoms with van der Waals surface area (Å²) in [5.74, 6) is -0.292. The van der Waals surface area contributed by atoms with Crippen LogP contribution in [0.3, 0.4) is 0 Å². The highest BCUT2D eigenvalue weighted by Crippen LogP contribution is 2.10. The predicted octanol–water partition coefficient (Wildman–Crippen LogP) is 5.52. The topological polar surface area (TPSA) is 46.5 Å². The maximum absolute atomic E-state index is 11.0. The van der Waals surface area contributed by atoms with Crippen LogP contribution in [0.25, 0.3) is 0 Å². The van der Waals surface area contributed by atoms with Crippen molar-refractivity contribution in [2.24, 2.45) is 0 Å². The zero-order chi connectivity index (χ0) is 16.3. The van der Waals surface area contributed by atoms with Crippen LogP contribution in [-0.4, -0.2) is 17.9 Å². The molecule has 0 bridgehead atoms. The van der Waals surface area contributed by atoms with E-state index >= 15 is 0 Å². The van der Waals surface area contributed by atoms with Crippen LogP contribution in [0.1, 0.15) is 96.8 Å². The summed E-state index contributed by atoms with van der Waals surface area (Å²) in [5, 5.41) is 8.41. The van der Waals surface area contributed by atoms with Crippen LogP contribution in [0.15, 0.2) is 12.2 Å². The van der Waals surface area contributed by atoms with E-state index in [0.29, 0.717) is 6.42 Å². The van der Waals surface area contributed by atoms with E-state index in [1.54, 1.807) is 0 Å². The maximum Gasteiger partial charge on any atom is 0.307 e. The van der Waals surface area contributed by atoms with Gasteiger partial charge in [-0.3, -0.25) is 4.79 Å². The lowest BCUT2D eigenvalue weighted by Crippen LogP contribution is -2.04. The van der Waals surface area contributed by atoms with Crippen LogP contribution in [0.5, 0.6) is 0 Å². The molecule has 0 aliphatic rings. The van der Waals surface area contributed by atoms with Crippen LogP contribution in [0.4, 0.5) is 0 Å². The molecule has 0 spiro atoms. The quantitative estimate of drug-likeness (QED) is 0.177. The van der Waals surface area contributed by atoms with Crippen molar-refractivity contribution in [1.82, 2.24) is 0 Å². The van der Waals surface area contributed by atoms with Crippen LogP contribution in [-0.2, 0) is 9.53 Å². The maximum atomic E-state index is 11.0. The number of aliphatic hydroxyl groups is 1. The molecule has 0 saturated carbocycles. The number of hydrogen-bond acceptors (Lipinski definition) is 3. The highest BCUT2D eigenvalue weighted by Gasteiger charge is 2.00. The number of ether oxygens (including phenoxy) is 1. The van der Waals surface area contributed by atoms with Gasteiger partial charge in [0.1, 0.15) is 0 Å². The van der Waals surface area contributed by atoms with Crippen molar-refractivity contribution in [1.29, 1.82) is 0 Å². The minimum atomic E-state index is -0.496. The zero-order valence-corrected chi connectivity index (χ0v) is 14.5. The van der Waals surface area contributed by atoms with Crippen LogP contribution >= 0.6 is 0 Å². The molecule has 0 rings (SSSR count). The molecule has 0 unspecified atom stereocenters. The summed E-state index contributed by atoms with van der Waals surface area (Å²) in [6.45, 7) is 1.76. The van der Waals surface area contributed by atoms with Gasteiger partial charge in [0.2, 0.25) is 0 Å². The summed E-state index contributed by atoms with van der Waals surface area (Å²) in [7, 11) is 0. The third-order valence-corrected chi connectivity index (χ3v) is 3.87. The summed E-state index contributed by atoms with van der Waals surface area (Å²) < 4.78 is 4.47. The lowest BCUT2D eigenvalue weighted by Gasteiger charge is -2.01. The van der Waals surface area contributed by atoms with E-state index in [0.717, 1.165) is 12.8 Å². The summed E-state index contributed by atoms with van der Waals surface area (Å²) in [6.07, 6.45) is 21.3. The molecule has 0 aliphatic carbocycles. The first-order chi connectivity index (χ1) is 10.8. The molecule has 0 fully saturated rings. The number of esters is 1. The molecular formula is C19H36O3. The van der Waals surface area contributed by atoms with E-state index in [2.05, 4.69) is 23.8 Å². The summed E-state index contributed by atoms with van der Waals surface area (Å²) in [6, 6.07) is 0. The standard InChI is InChI=1S/C19H36O3/c1-2-3-4-5-6-7-8-9-10-11-12-13-14-15-16-17-19(21)22-18-20/h9-10,20H,2-8,11-18H2,1H3/b10-9-. The molecule has 0 atom stereocenters. The van der Waals surface area contributed by atoms with Gasteiger partial charge in [-0.25, -0.2) is 0 Å². The SMILES string of the molecule is CCCCCCCC/C=C\CCCCCCCC(=O)OCO. The van der Waals surface area contributed by atoms with Crippen LogP contribution in [0.2, 0.25) is 0 Å². The highest BCUT2D eigenvalue weighted by molar-refractivity contribution is 5.69. The van der Waals surface area contributed by atoms with Crippen molar-refractivity contribution in [3.8, 4) is 0 Å². The van der Waals surface area contributed by atoms with Gasteiger partial charge in [-0.2, -0.15) is 0 Å². The van der Waals surface area contributed by atoms with E-state index in [-0.39, 0.29) is 5.97 Å². The normalized spacial score (nSPS) is 11.2. The Labute approximate surface area is 137 Å². The Hall–Kier alpha value is -0.830. The van der Waals surface area contributed by atoms with Crippen molar-refractivity contribution in [2.75, 3.05) is 6.79 Å². The van der Waals surface area contributed by atoms with E-state index in [1.165, 1.54) is 70.6 Å². The fraction of sp³-hybridized carbons (Fsp3) is 0.842. The van der Waals surface area contributed by atoms with Gasteiger partial charge in [0, 0.05) is 6.42 Å². The number of rotatable bonds is 16. The third kappa shape index (κ3) is 17.2. The first-order valence-corrected chi connectivity index (χ1v) is 9.22. The Morgan fingerprint density at radius 3 is 1.86 bits per heavy atom. The third-order valence-electron chi connectivity index (χ3n) is 3.87. The minimum Gasteiger partial charge on any atom is -0.439 e. The molecule has 3 heteroatoms. The Morgan fingerprint density at radius 1 is 0.818 bits per heavy atom. The number of unbranched alkanes of at least 4 members (excludes halogenated alkanes) is 11. The number of allylic oxidation sites excluding steroid dienone is 2. The largest absolute Gasteiger partial charge is 0.439 e. The minimum absolute atomic E-state index is 0.292. The number of carbonyl (C=O) groups is 1. The molecule has 3 nitrogen and oxygen atoms in total. The molecule has 1 N–H and O–H groups in total. The molecule has 0 saturated heterocycles. The van der Waals surface area contributed by atoms with Crippen LogP contribution in [0, 0.1) is 0 Å². The highest BCUT2D eigenvalue weighted by atomic mass is 16.6. The molecule has 0 aliphatic heterocycles. The lowest BCUT2D eigenvalue weighted by atomic mass is 10.1. The smallest absolute Gasteiger partial charge is 0.307 e. The molecule has 130 valence electrons. The van der Waals surface area contributed by atoms with E-state index in [1.807, 2.05) is 0 Å². The van der Waals surface area contributed by atoms with Gasteiger partial charge in [-0.1, -0.05) is 70.4 Å². The van der Waals surface area contributed by atoms with E-state index in [9.17, 15) is 4.79 Å². The van der Waals surface area contributed by atoms with Crippen molar-refractivity contribution in [2.45, 2.75) is 96.8 Å². The Balaban J connectivity index is 3.12. The first kappa shape index (κ1) is 21.2. The fourth-order valence-electron chi connectivity index (χ4n) is 2.48. The van der Waals surface area contributed by atoms with Crippen molar-refractivity contribution in [3.05, 3.63) is 12.2 Å². The van der Waals surface area contributed by atoms with E-state index in [4.69, 9.17) is 5.11 Å². The average molecular weight is 312 g/mol. The molecule has 22 heavy (non-hydrogen) atoms. The molecule has 0 aromatic rings. The number of aliphatic hydroxyl groups excluding tert-OH is 1. The second-order valence-electron chi connectivity index (χ2n) is 5.98. The first-order valence-electron chi connectivity index (χ1n) is 9.22. The number of hydrogen-bond donors (Lipinski definition) is 1. The molecule has 0 heterocycles. The molecular weight excluding hydrogens is 276 g/mol. The Kier molecular flexibility index (Phi) is 17.5. The van der Waals surface area contributed by atoms with Gasteiger partial charge < -0.3 is 9.84 Å². The van der Waals surface area contributed by atoms with Gasteiger partial charge in [0.15, 0.2) is 6.79 Å². The summed E-state index contributed by atoms with van der Waals surface area (Å²) in [4.78, 5) is 11.0. The predicted molar refractivity (Wildman–Crippen MR) is 92.6 cm³/mol. The van der Waals surface area contributed by atoms with Crippen molar-refractivity contribution >= 4 is 5.97 Å². The van der Waals surface area contributed by atoms with Gasteiger partial charge in [-0.15, -0.1) is 0 Å². The van der Waals surface area contributed by atoms with Crippen molar-refractivity contribution < 1.29 is 14.6 Å². The molecule has 0 aromatic carbocycles. The summed E-state index contributed by atoms with van der Waals surface area (Å²) >= 11 is 0. The monoisotopic (exact) mass is 312 g/mol. The van der Waals surface area contributed by atoms with Gasteiger partial charge in [0.25, 0.3) is 0 Å².